The van der Waals surface area contributed by atoms with Gasteiger partial charge >= 0.3 is 0 Å². The molecule has 0 N–H and O–H groups in total. The van der Waals surface area contributed by atoms with E-state index in [1.165, 1.54) is 42.8 Å². The van der Waals surface area contributed by atoms with Crippen molar-refractivity contribution in [3.05, 3.63) is 29.3 Å². The summed E-state index contributed by atoms with van der Waals surface area (Å²) in [6, 6.07) is 5.08. The van der Waals surface area contributed by atoms with E-state index in [1.807, 2.05) is 6.92 Å². The number of aryl methyl sites for hydroxylation is 1. The number of benzene rings is 1. The summed E-state index contributed by atoms with van der Waals surface area (Å²) in [7, 11) is 0. The Kier molecular flexibility index (Phi) is 9.90. The van der Waals surface area contributed by atoms with E-state index in [1.54, 1.807) is 18.2 Å². The van der Waals surface area contributed by atoms with Crippen LogP contribution in [0, 0.1) is 6.92 Å². The Morgan fingerprint density at radius 3 is 2.33 bits per heavy atom. The van der Waals surface area contributed by atoms with Crippen LogP contribution in [0.5, 0.6) is 5.75 Å². The Morgan fingerprint density at radius 2 is 1.89 bits per heavy atom. The number of carbonyl (C=O) groups is 1. The smallest absolute Gasteiger partial charge is 0.169 e. The van der Waals surface area contributed by atoms with Crippen LogP contribution in [0.15, 0.2) is 18.2 Å². The molecule has 1 aromatic rings. The van der Waals surface area contributed by atoms with Crippen LogP contribution in [0.2, 0.25) is 0 Å². The van der Waals surface area contributed by atoms with Gasteiger partial charge in [0.25, 0.3) is 0 Å². The minimum Gasteiger partial charge on any atom is -0.308 e. The summed E-state index contributed by atoms with van der Waals surface area (Å²) in [6.07, 6.45) is 2.64. The molecule has 0 atom stereocenters. The fourth-order valence-corrected chi connectivity index (χ4v) is 1.16. The molecule has 18 heavy (non-hydrogen) atoms. The molecule has 0 radical (unpaired) electrons. The van der Waals surface area contributed by atoms with Crippen molar-refractivity contribution >= 4 is 28.8 Å². The summed E-state index contributed by atoms with van der Waals surface area (Å²) < 4.78 is 4.24. The third-order valence-corrected chi connectivity index (χ3v) is 2.39. The van der Waals surface area contributed by atoms with Gasteiger partial charge in [0.15, 0.2) is 34.5 Å². The molecule has 0 aliphatic rings. The molecule has 0 fully saturated rings. The van der Waals surface area contributed by atoms with Gasteiger partial charge in [0, 0.05) is 5.56 Å². The largest absolute Gasteiger partial charge is 0.308 e. The molecule has 0 unspecified atom stereocenters. The summed E-state index contributed by atoms with van der Waals surface area (Å²) in [5.41, 5.74) is 1.51. The van der Waals surface area contributed by atoms with E-state index in [2.05, 4.69) is 22.1 Å². The maximum atomic E-state index is 11.2. The van der Waals surface area contributed by atoms with Crippen LogP contribution < -0.4 is 4.89 Å². The second kappa shape index (κ2) is 10.3. The van der Waals surface area contributed by atoms with Gasteiger partial charge in [-0.15, -0.1) is 3.22 Å². The van der Waals surface area contributed by atoms with Gasteiger partial charge in [-0.05, 0) is 36.6 Å². The highest BCUT2D eigenvalue weighted by molar-refractivity contribution is 14.1. The van der Waals surface area contributed by atoms with Crippen LogP contribution in [0.1, 0.15) is 49.5 Å². The summed E-state index contributed by atoms with van der Waals surface area (Å²) in [5.74, 6) is 0.417. The van der Waals surface area contributed by atoms with Gasteiger partial charge in [-0.2, -0.15) is 0 Å². The lowest BCUT2D eigenvalue weighted by atomic mass is 10.1. The topological polar surface area (TPSA) is 44.8 Å². The highest BCUT2D eigenvalue weighted by Gasteiger charge is 2.06. The standard InChI is InChI=1S/C9H9IO4.C4H10/c1-6-3-4-8(12-14-13-10)5-9(6)7(2)11;1-3-4-2/h3-5H,1-2H3;3-4H2,1-2H3. The third kappa shape index (κ3) is 6.93. The van der Waals surface area contributed by atoms with Crippen molar-refractivity contribution in [1.82, 2.24) is 0 Å². The monoisotopic (exact) mass is 366 g/mol. The van der Waals surface area contributed by atoms with Crippen LogP contribution in [0.3, 0.4) is 0 Å². The van der Waals surface area contributed by atoms with Crippen molar-refractivity contribution in [2.45, 2.75) is 40.5 Å². The summed E-state index contributed by atoms with van der Waals surface area (Å²) in [4.78, 5) is 15.9. The summed E-state index contributed by atoms with van der Waals surface area (Å²) in [6.45, 7) is 7.72. The second-order valence-electron chi connectivity index (χ2n) is 3.75. The highest BCUT2D eigenvalue weighted by Crippen LogP contribution is 2.18. The van der Waals surface area contributed by atoms with Crippen LogP contribution in [0.4, 0.5) is 0 Å². The van der Waals surface area contributed by atoms with Crippen molar-refractivity contribution in [2.75, 3.05) is 0 Å². The van der Waals surface area contributed by atoms with Gasteiger partial charge in [0.05, 0.1) is 0 Å². The molecular weight excluding hydrogens is 347 g/mol. The molecular formula is C13H19IO4. The molecule has 1 rings (SSSR count). The zero-order valence-electron chi connectivity index (χ0n) is 11.2. The van der Waals surface area contributed by atoms with Gasteiger partial charge in [-0.1, -0.05) is 32.8 Å². The number of ketones is 1. The zero-order valence-corrected chi connectivity index (χ0v) is 13.3. The van der Waals surface area contributed by atoms with Crippen molar-refractivity contribution in [1.29, 1.82) is 0 Å². The predicted octanol–water partition coefficient (Wildman–Crippen LogP) is 4.60. The Hall–Kier alpha value is -0.660. The number of halogens is 1. The first-order valence-corrected chi connectivity index (χ1v) is 6.68. The molecule has 0 spiro atoms. The van der Waals surface area contributed by atoms with Crippen LogP contribution >= 0.6 is 23.0 Å². The molecule has 0 bridgehead atoms. The van der Waals surface area contributed by atoms with E-state index in [0.717, 1.165) is 5.56 Å². The number of hydrogen-bond donors (Lipinski definition) is 0. The average molecular weight is 366 g/mol. The summed E-state index contributed by atoms with van der Waals surface area (Å²) >= 11 is 1.53. The zero-order chi connectivity index (χ0) is 14.0. The van der Waals surface area contributed by atoms with Crippen molar-refractivity contribution in [2.24, 2.45) is 0 Å². The Morgan fingerprint density at radius 1 is 1.28 bits per heavy atom. The van der Waals surface area contributed by atoms with Crippen molar-refractivity contribution < 1.29 is 17.9 Å². The van der Waals surface area contributed by atoms with Crippen molar-refractivity contribution in [3.63, 3.8) is 0 Å². The van der Waals surface area contributed by atoms with E-state index in [9.17, 15) is 4.79 Å². The van der Waals surface area contributed by atoms with Crippen molar-refractivity contribution in [3.8, 4) is 5.75 Å². The van der Waals surface area contributed by atoms with Gasteiger partial charge in [-0.3, -0.25) is 4.79 Å². The Bertz CT molecular complexity index is 364. The van der Waals surface area contributed by atoms with Gasteiger partial charge in [0.2, 0.25) is 0 Å². The quantitative estimate of drug-likeness (QED) is 0.331. The third-order valence-electron chi connectivity index (χ3n) is 2.24. The lowest BCUT2D eigenvalue weighted by Gasteiger charge is -2.04. The lowest BCUT2D eigenvalue weighted by molar-refractivity contribution is -0.388. The number of carbonyl (C=O) groups excluding carboxylic acids is 1. The number of hydrogen-bond acceptors (Lipinski definition) is 4. The van der Waals surface area contributed by atoms with Gasteiger partial charge < -0.3 is 4.89 Å². The van der Waals surface area contributed by atoms with E-state index in [4.69, 9.17) is 4.89 Å². The molecule has 0 aliphatic heterocycles. The molecule has 0 aromatic heterocycles. The second-order valence-corrected chi connectivity index (χ2v) is 4.11. The van der Waals surface area contributed by atoms with E-state index in [-0.39, 0.29) is 5.78 Å². The first kappa shape index (κ1) is 17.3. The van der Waals surface area contributed by atoms with E-state index in [0.29, 0.717) is 11.3 Å². The maximum Gasteiger partial charge on any atom is 0.169 e. The molecule has 1 aromatic carbocycles. The molecule has 0 saturated carbocycles. The van der Waals surface area contributed by atoms with E-state index < -0.39 is 0 Å². The fraction of sp³-hybridized carbons (Fsp3) is 0.462. The van der Waals surface area contributed by atoms with Crippen LogP contribution in [-0.4, -0.2) is 5.78 Å². The highest BCUT2D eigenvalue weighted by atomic mass is 127. The Labute approximate surface area is 122 Å². The normalized spacial score (nSPS) is 9.39. The molecule has 0 saturated heterocycles. The SMILES string of the molecule is CC(=O)c1cc(OOOI)ccc1C.CCCC. The lowest BCUT2D eigenvalue weighted by Crippen LogP contribution is -1.98. The minimum absolute atomic E-state index is 0.0108. The molecule has 5 heteroatoms. The maximum absolute atomic E-state index is 11.2. The molecule has 0 aliphatic carbocycles. The number of rotatable bonds is 5. The molecule has 102 valence electrons. The van der Waals surface area contributed by atoms with Crippen LogP contribution in [0.25, 0.3) is 0 Å². The van der Waals surface area contributed by atoms with Crippen LogP contribution in [-0.2, 0) is 8.26 Å². The van der Waals surface area contributed by atoms with Gasteiger partial charge in [0.1, 0.15) is 0 Å². The summed E-state index contributed by atoms with van der Waals surface area (Å²) in [5, 5.41) is 4.27. The minimum atomic E-state index is -0.0108. The number of Topliss-reactive ketones (excluding diaryl/α,β-unsaturated/α-hetero) is 1. The molecule has 0 amide bonds. The Balaban J connectivity index is 0.000000631. The number of unbranched alkanes of at least 4 members (excludes halogenated alkanes) is 1. The first-order chi connectivity index (χ1) is 8.56. The van der Waals surface area contributed by atoms with Gasteiger partial charge in [-0.25, -0.2) is 0 Å². The fourth-order valence-electron chi connectivity index (χ4n) is 1.08. The molecule has 0 heterocycles. The molecule has 4 nitrogen and oxygen atoms in total. The average Bonchev–Trinajstić information content (AvgIpc) is 2.37. The first-order valence-electron chi connectivity index (χ1n) is 5.80. The van der Waals surface area contributed by atoms with E-state index >= 15 is 0 Å². The predicted molar refractivity (Wildman–Crippen MR) is 78.6 cm³/mol.